The van der Waals surface area contributed by atoms with E-state index in [0.717, 1.165) is 47.9 Å². The van der Waals surface area contributed by atoms with Crippen molar-refractivity contribution in [2.45, 2.75) is 108 Å². The lowest BCUT2D eigenvalue weighted by atomic mass is 9.96. The number of aromatic nitrogens is 4. The van der Waals surface area contributed by atoms with E-state index < -0.39 is 10.4 Å². The summed E-state index contributed by atoms with van der Waals surface area (Å²) in [6.45, 7) is 5.49. The molecule has 2 saturated carbocycles. The summed E-state index contributed by atoms with van der Waals surface area (Å²) < 4.78 is 0.798. The van der Waals surface area contributed by atoms with Crippen molar-refractivity contribution in [1.82, 2.24) is 35.3 Å². The van der Waals surface area contributed by atoms with E-state index in [-0.39, 0.29) is 53.5 Å². The van der Waals surface area contributed by atoms with E-state index in [9.17, 15) is 19.2 Å². The maximum absolute atomic E-state index is 14.4. The molecule has 2 aromatic heterocycles. The molecular formula is C35H41Cl2N7O4. The van der Waals surface area contributed by atoms with Crippen LogP contribution in [0.4, 0.5) is 0 Å². The maximum atomic E-state index is 14.4. The van der Waals surface area contributed by atoms with E-state index in [1.807, 2.05) is 19.9 Å². The van der Waals surface area contributed by atoms with Gasteiger partial charge in [-0.1, -0.05) is 12.8 Å². The number of halogens is 2. The predicted octanol–water partition coefficient (Wildman–Crippen LogP) is 4.69. The Morgan fingerprint density at radius 1 is 1.02 bits per heavy atom. The molecule has 1 saturated heterocycles. The van der Waals surface area contributed by atoms with Crippen molar-refractivity contribution in [3.8, 4) is 11.1 Å². The SMILES string of the molecule is CC(=O)c1nn2c3c(cc(-c4cnc(C)nc4)cc13)CCCCCCC(=O)NC[C@@]13C[C@@H](C(=O)NC(C)[C@H]4CC4(Cl)Cl)N(C(=O)C2)[C@@H]1C3. The van der Waals surface area contributed by atoms with E-state index in [2.05, 4.69) is 26.7 Å². The van der Waals surface area contributed by atoms with Crippen molar-refractivity contribution in [2.75, 3.05) is 6.54 Å². The molecule has 254 valence electrons. The van der Waals surface area contributed by atoms with Crippen LogP contribution in [0.1, 0.15) is 87.1 Å². The number of hydrogen-bond donors (Lipinski definition) is 2. The number of nitrogens with one attached hydrogen (secondary N) is 2. The van der Waals surface area contributed by atoms with Crippen LogP contribution in [-0.4, -0.2) is 77.2 Å². The highest BCUT2D eigenvalue weighted by molar-refractivity contribution is 6.51. The van der Waals surface area contributed by atoms with Gasteiger partial charge in [-0.15, -0.1) is 23.2 Å². The Labute approximate surface area is 289 Å². The zero-order valence-electron chi connectivity index (χ0n) is 27.5. The van der Waals surface area contributed by atoms with Gasteiger partial charge < -0.3 is 15.5 Å². The number of hydrogen-bond acceptors (Lipinski definition) is 7. The fourth-order valence-electron chi connectivity index (χ4n) is 7.87. The second kappa shape index (κ2) is 12.4. The molecule has 11 nitrogen and oxygen atoms in total. The van der Waals surface area contributed by atoms with Crippen LogP contribution < -0.4 is 10.6 Å². The quantitative estimate of drug-likeness (QED) is 0.292. The number of carbonyl (C=O) groups is 4. The Morgan fingerprint density at radius 3 is 2.42 bits per heavy atom. The van der Waals surface area contributed by atoms with E-state index in [1.165, 1.54) is 6.92 Å². The van der Waals surface area contributed by atoms with Gasteiger partial charge in [0.25, 0.3) is 0 Å². The average Bonchev–Trinajstić information content (AvgIpc) is 3.81. The molecule has 1 aromatic carbocycles. The van der Waals surface area contributed by atoms with Gasteiger partial charge in [-0.05, 0) is 75.6 Å². The first-order valence-corrected chi connectivity index (χ1v) is 17.7. The summed E-state index contributed by atoms with van der Waals surface area (Å²) in [5.74, 6) is -0.100. The molecule has 3 fully saturated rings. The number of Topliss-reactive ketones (excluding diaryl/α,β-unsaturated/α-hetero) is 1. The van der Waals surface area contributed by atoms with Crippen LogP contribution in [0.15, 0.2) is 24.5 Å². The van der Waals surface area contributed by atoms with Gasteiger partial charge in [0, 0.05) is 66.6 Å². The fraction of sp³-hybridized carbons (Fsp3) is 0.571. The van der Waals surface area contributed by atoms with E-state index in [1.54, 1.807) is 22.0 Å². The summed E-state index contributed by atoms with van der Waals surface area (Å²) in [6, 6.07) is 2.86. The number of benzene rings is 1. The Morgan fingerprint density at radius 2 is 1.73 bits per heavy atom. The van der Waals surface area contributed by atoms with Crippen LogP contribution in [0.5, 0.6) is 0 Å². The smallest absolute Gasteiger partial charge is 0.245 e. The zero-order chi connectivity index (χ0) is 34.0. The number of rotatable bonds is 5. The second-order valence-corrected chi connectivity index (χ2v) is 15.8. The number of piperidine rings is 1. The van der Waals surface area contributed by atoms with E-state index in [4.69, 9.17) is 28.3 Å². The molecule has 2 bridgehead atoms. The van der Waals surface area contributed by atoms with Gasteiger partial charge in [-0.3, -0.25) is 23.9 Å². The number of aryl methyl sites for hydroxylation is 2. The van der Waals surface area contributed by atoms with Gasteiger partial charge in [0.05, 0.1) is 5.52 Å². The zero-order valence-corrected chi connectivity index (χ0v) is 29.0. The molecule has 4 aliphatic rings. The molecule has 2 aliphatic heterocycles. The van der Waals surface area contributed by atoms with Crippen molar-refractivity contribution < 1.29 is 19.2 Å². The third-order valence-electron chi connectivity index (χ3n) is 10.7. The van der Waals surface area contributed by atoms with Gasteiger partial charge in [-0.2, -0.15) is 5.10 Å². The average molecular weight is 695 g/mol. The third-order valence-corrected chi connectivity index (χ3v) is 11.6. The van der Waals surface area contributed by atoms with Crippen molar-refractivity contribution in [2.24, 2.45) is 11.3 Å². The number of amides is 3. The molecular weight excluding hydrogens is 653 g/mol. The topological polar surface area (TPSA) is 139 Å². The maximum Gasteiger partial charge on any atom is 0.245 e. The molecule has 4 heterocycles. The van der Waals surface area contributed by atoms with Gasteiger partial charge in [0.2, 0.25) is 17.7 Å². The predicted molar refractivity (Wildman–Crippen MR) is 182 cm³/mol. The van der Waals surface area contributed by atoms with Gasteiger partial charge >= 0.3 is 0 Å². The molecule has 2 aliphatic carbocycles. The molecule has 48 heavy (non-hydrogen) atoms. The molecule has 2 N–H and O–H groups in total. The Kier molecular flexibility index (Phi) is 8.51. The molecule has 13 heteroatoms. The third kappa shape index (κ3) is 6.19. The standard InChI is InChI=1S/C35H41Cl2N7O4/c1-19(26-12-35(26,36)37)41-33(48)27-13-34-14-28(34)44(27)30(47)17-43-32-22(8-6-4-5-7-9-29(46)40-18-34)10-23(24-15-38-21(3)39-16-24)11-25(32)31(42-43)20(2)45/h10-11,15-16,19,26-28H,4-9,12-14,17-18H2,1-3H3,(H,40,46)(H,41,48)/t19?,26-,27+,28-,34+/m1/s1. The van der Waals surface area contributed by atoms with Crippen LogP contribution in [0.25, 0.3) is 22.0 Å². The second-order valence-electron chi connectivity index (χ2n) is 14.3. The molecule has 0 radical (unpaired) electrons. The summed E-state index contributed by atoms with van der Waals surface area (Å²) in [5.41, 5.74) is 3.35. The van der Waals surface area contributed by atoms with E-state index >= 15 is 0 Å². The van der Waals surface area contributed by atoms with Crippen molar-refractivity contribution in [3.05, 3.63) is 41.6 Å². The normalized spacial score (nSPS) is 27.5. The van der Waals surface area contributed by atoms with Crippen LogP contribution in [-0.2, 0) is 27.3 Å². The minimum Gasteiger partial charge on any atom is -0.355 e. The highest BCUT2D eigenvalue weighted by Gasteiger charge is 2.67. The number of carbonyl (C=O) groups excluding carboxylic acids is 4. The van der Waals surface area contributed by atoms with Gasteiger partial charge in [-0.25, -0.2) is 9.97 Å². The monoisotopic (exact) mass is 693 g/mol. The minimum absolute atomic E-state index is 0.000311. The van der Waals surface area contributed by atoms with Crippen LogP contribution in [0.2, 0.25) is 0 Å². The molecule has 1 unspecified atom stereocenters. The first kappa shape index (κ1) is 33.0. The highest BCUT2D eigenvalue weighted by atomic mass is 35.5. The van der Waals surface area contributed by atoms with E-state index in [0.29, 0.717) is 55.6 Å². The Hall–Kier alpha value is -3.57. The molecule has 0 spiro atoms. The Bertz CT molecular complexity index is 1810. The highest BCUT2D eigenvalue weighted by Crippen LogP contribution is 2.59. The molecule has 3 amide bonds. The molecule has 7 rings (SSSR count). The summed E-state index contributed by atoms with van der Waals surface area (Å²) in [4.78, 5) is 64.4. The lowest BCUT2D eigenvalue weighted by Crippen LogP contribution is -2.51. The van der Waals surface area contributed by atoms with Crippen molar-refractivity contribution >= 4 is 57.6 Å². The summed E-state index contributed by atoms with van der Waals surface area (Å²) in [6.07, 6.45) is 9.91. The first-order chi connectivity index (χ1) is 22.9. The first-order valence-electron chi connectivity index (χ1n) is 17.0. The van der Waals surface area contributed by atoms with Gasteiger partial charge in [0.15, 0.2) is 5.78 Å². The van der Waals surface area contributed by atoms with Crippen molar-refractivity contribution in [3.63, 3.8) is 0 Å². The lowest BCUT2D eigenvalue weighted by molar-refractivity contribution is -0.140. The number of ketones is 1. The molecule has 3 aromatic rings. The summed E-state index contributed by atoms with van der Waals surface area (Å²) in [7, 11) is 0. The lowest BCUT2D eigenvalue weighted by Gasteiger charge is -2.28. The number of alkyl halides is 2. The summed E-state index contributed by atoms with van der Waals surface area (Å²) >= 11 is 12.6. The number of nitrogens with zero attached hydrogens (tertiary/aromatic N) is 5. The largest absolute Gasteiger partial charge is 0.355 e. The molecule has 5 atom stereocenters. The van der Waals surface area contributed by atoms with Gasteiger partial charge in [0.1, 0.15) is 28.4 Å². The van der Waals surface area contributed by atoms with Crippen LogP contribution >= 0.6 is 23.2 Å². The van der Waals surface area contributed by atoms with Crippen LogP contribution in [0, 0.1) is 18.3 Å². The fourth-order valence-corrected chi connectivity index (χ4v) is 8.58. The van der Waals surface area contributed by atoms with Crippen molar-refractivity contribution in [1.29, 1.82) is 0 Å². The minimum atomic E-state index is -0.853. The van der Waals surface area contributed by atoms with Crippen LogP contribution in [0.3, 0.4) is 0 Å². The Balaban J connectivity index is 1.26. The summed E-state index contributed by atoms with van der Waals surface area (Å²) in [5, 5.41) is 11.6.